The van der Waals surface area contributed by atoms with E-state index in [9.17, 15) is 27.6 Å². The fourth-order valence-electron chi connectivity index (χ4n) is 2.88. The average Bonchev–Trinajstić information content (AvgIpc) is 2.73. The second-order valence-electron chi connectivity index (χ2n) is 7.05. The molecule has 1 aromatic carbocycles. The minimum atomic E-state index is -3.75. The van der Waals surface area contributed by atoms with Crippen LogP contribution in [0.15, 0.2) is 62.8 Å². The number of amides is 1. The van der Waals surface area contributed by atoms with E-state index in [1.165, 1.54) is 44.4 Å². The van der Waals surface area contributed by atoms with Crippen molar-refractivity contribution < 1.29 is 13.2 Å². The van der Waals surface area contributed by atoms with Crippen LogP contribution in [-0.2, 0) is 34.5 Å². The summed E-state index contributed by atoms with van der Waals surface area (Å²) in [5, 5.41) is 2.48. The van der Waals surface area contributed by atoms with Gasteiger partial charge in [0.05, 0.1) is 18.0 Å². The zero-order valence-electron chi connectivity index (χ0n) is 18.1. The maximum absolute atomic E-state index is 12.6. The van der Waals surface area contributed by atoms with Crippen molar-refractivity contribution in [3.63, 3.8) is 0 Å². The van der Waals surface area contributed by atoms with Gasteiger partial charge in [0.15, 0.2) is 0 Å². The van der Waals surface area contributed by atoms with Crippen molar-refractivity contribution in [3.05, 3.63) is 80.5 Å². The maximum Gasteiger partial charge on any atom is 0.337 e. The van der Waals surface area contributed by atoms with E-state index in [0.29, 0.717) is 10.1 Å². The van der Waals surface area contributed by atoms with Crippen molar-refractivity contribution in [1.82, 2.24) is 18.0 Å². The van der Waals surface area contributed by atoms with Gasteiger partial charge in [-0.15, -0.1) is 13.2 Å². The molecule has 0 atom stereocenters. The summed E-state index contributed by atoms with van der Waals surface area (Å²) < 4.78 is 28.2. The molecule has 2 rings (SSSR count). The van der Waals surface area contributed by atoms with Crippen LogP contribution in [-0.4, -0.2) is 46.4 Å². The summed E-state index contributed by atoms with van der Waals surface area (Å²) >= 11 is 0. The standard InChI is InChI=1S/C20H25N5O6S/c1-6-10-23-18(27)24(11-7-2)20(29)25(19(23)28)13-17(26)21-15-9-8-14(3)16(12-15)32(30,31)22(4)5/h6-9,12H,1-2,10-11,13H2,3-5H3,(H,21,26). The van der Waals surface area contributed by atoms with Crippen LogP contribution in [0.4, 0.5) is 5.69 Å². The smallest absolute Gasteiger partial charge is 0.324 e. The fourth-order valence-corrected chi connectivity index (χ4v) is 4.03. The Morgan fingerprint density at radius 1 is 1.00 bits per heavy atom. The number of carbonyl (C=O) groups is 1. The summed E-state index contributed by atoms with van der Waals surface area (Å²) in [4.78, 5) is 50.2. The van der Waals surface area contributed by atoms with Crippen LogP contribution in [0, 0.1) is 6.92 Å². The Labute approximate surface area is 184 Å². The molecule has 0 spiro atoms. The number of hydrogen-bond acceptors (Lipinski definition) is 6. The Hall–Kier alpha value is -3.51. The molecule has 1 N–H and O–H groups in total. The summed E-state index contributed by atoms with van der Waals surface area (Å²) in [6.45, 7) is 7.59. The van der Waals surface area contributed by atoms with Crippen LogP contribution >= 0.6 is 0 Å². The number of allylic oxidation sites excluding steroid dienone is 2. The van der Waals surface area contributed by atoms with Gasteiger partial charge in [-0.2, -0.15) is 0 Å². The number of aryl methyl sites for hydroxylation is 1. The van der Waals surface area contributed by atoms with Gasteiger partial charge in [-0.25, -0.2) is 40.8 Å². The van der Waals surface area contributed by atoms with Gasteiger partial charge < -0.3 is 5.32 Å². The molecule has 2 aromatic rings. The van der Waals surface area contributed by atoms with Gasteiger partial charge in [-0.3, -0.25) is 4.79 Å². The monoisotopic (exact) mass is 463 g/mol. The number of nitrogens with one attached hydrogen (secondary N) is 1. The fraction of sp³-hybridized carbons (Fsp3) is 0.300. The van der Waals surface area contributed by atoms with Crippen molar-refractivity contribution in [1.29, 1.82) is 0 Å². The van der Waals surface area contributed by atoms with E-state index < -0.39 is 39.5 Å². The molecule has 0 saturated carbocycles. The van der Waals surface area contributed by atoms with Crippen LogP contribution in [0.5, 0.6) is 0 Å². The lowest BCUT2D eigenvalue weighted by molar-refractivity contribution is -0.116. The van der Waals surface area contributed by atoms with Crippen LogP contribution < -0.4 is 22.4 Å². The number of carbonyl (C=O) groups excluding carboxylic acids is 1. The molecule has 0 fully saturated rings. The molecule has 1 amide bonds. The Kier molecular flexibility index (Phi) is 7.54. The second kappa shape index (κ2) is 9.75. The topological polar surface area (TPSA) is 132 Å². The van der Waals surface area contributed by atoms with Crippen molar-refractivity contribution >= 4 is 21.6 Å². The molecule has 0 saturated heterocycles. The van der Waals surface area contributed by atoms with E-state index in [0.717, 1.165) is 13.4 Å². The van der Waals surface area contributed by atoms with E-state index in [4.69, 9.17) is 0 Å². The maximum atomic E-state index is 12.6. The second-order valence-corrected chi connectivity index (χ2v) is 9.17. The number of hydrogen-bond donors (Lipinski definition) is 1. The quantitative estimate of drug-likeness (QED) is 0.510. The SMILES string of the molecule is C=CCn1c(=O)n(CC=C)c(=O)n(CC(=O)Nc2ccc(C)c(S(=O)(=O)N(C)C)c2)c1=O. The van der Waals surface area contributed by atoms with Crippen LogP contribution in [0.3, 0.4) is 0 Å². The molecule has 0 aliphatic carbocycles. The highest BCUT2D eigenvalue weighted by Gasteiger charge is 2.21. The first-order valence-corrected chi connectivity index (χ1v) is 10.9. The Bertz CT molecular complexity index is 1300. The normalized spacial score (nSPS) is 11.4. The average molecular weight is 464 g/mol. The Balaban J connectivity index is 2.46. The minimum absolute atomic E-state index is 0.00494. The van der Waals surface area contributed by atoms with Gasteiger partial charge in [0, 0.05) is 19.8 Å². The van der Waals surface area contributed by atoms with E-state index in [2.05, 4.69) is 18.5 Å². The summed E-state index contributed by atoms with van der Waals surface area (Å²) in [6.07, 6.45) is 2.63. The number of benzene rings is 1. The predicted molar refractivity (Wildman–Crippen MR) is 120 cm³/mol. The van der Waals surface area contributed by atoms with Gasteiger partial charge in [0.1, 0.15) is 6.54 Å². The molecule has 0 aliphatic rings. The molecular weight excluding hydrogens is 438 g/mol. The third-order valence-electron chi connectivity index (χ3n) is 4.54. The van der Waals surface area contributed by atoms with Crippen molar-refractivity contribution in [2.24, 2.45) is 0 Å². The molecule has 12 heteroatoms. The van der Waals surface area contributed by atoms with Crippen molar-refractivity contribution in [3.8, 4) is 0 Å². The molecular formula is C20H25N5O6S. The highest BCUT2D eigenvalue weighted by atomic mass is 32.2. The van der Waals surface area contributed by atoms with Crippen LogP contribution in [0.25, 0.3) is 0 Å². The molecule has 172 valence electrons. The number of anilines is 1. The molecule has 1 heterocycles. The van der Waals surface area contributed by atoms with Gasteiger partial charge in [0.2, 0.25) is 15.9 Å². The molecule has 0 radical (unpaired) electrons. The number of sulfonamides is 1. The van der Waals surface area contributed by atoms with Gasteiger partial charge in [0.25, 0.3) is 0 Å². The molecule has 0 unspecified atom stereocenters. The lowest BCUT2D eigenvalue weighted by Crippen LogP contribution is -2.55. The zero-order valence-corrected chi connectivity index (χ0v) is 18.9. The number of aromatic nitrogens is 3. The first-order chi connectivity index (χ1) is 14.9. The molecule has 11 nitrogen and oxygen atoms in total. The van der Waals surface area contributed by atoms with E-state index >= 15 is 0 Å². The first kappa shape index (κ1) is 24.8. The summed E-state index contributed by atoms with van der Waals surface area (Å²) in [7, 11) is -0.975. The first-order valence-electron chi connectivity index (χ1n) is 9.45. The van der Waals surface area contributed by atoms with E-state index in [1.54, 1.807) is 6.92 Å². The third-order valence-corrected chi connectivity index (χ3v) is 6.50. The summed E-state index contributed by atoms with van der Waals surface area (Å²) in [6, 6.07) is 4.32. The van der Waals surface area contributed by atoms with Crippen molar-refractivity contribution in [2.75, 3.05) is 19.4 Å². The van der Waals surface area contributed by atoms with E-state index in [-0.39, 0.29) is 23.7 Å². The van der Waals surface area contributed by atoms with Gasteiger partial charge >= 0.3 is 17.1 Å². The highest BCUT2D eigenvalue weighted by Crippen LogP contribution is 2.22. The number of rotatable bonds is 9. The molecule has 32 heavy (non-hydrogen) atoms. The summed E-state index contributed by atoms with van der Waals surface area (Å²) in [5.41, 5.74) is -2.12. The molecule has 1 aromatic heterocycles. The summed E-state index contributed by atoms with van der Waals surface area (Å²) in [5.74, 6) is -0.754. The third kappa shape index (κ3) is 4.86. The lowest BCUT2D eigenvalue weighted by Gasteiger charge is -2.15. The Morgan fingerprint density at radius 3 is 1.97 bits per heavy atom. The Morgan fingerprint density at radius 2 is 1.50 bits per heavy atom. The predicted octanol–water partition coefficient (Wildman–Crippen LogP) is -0.259. The van der Waals surface area contributed by atoms with Gasteiger partial charge in [-0.1, -0.05) is 18.2 Å². The minimum Gasteiger partial charge on any atom is -0.324 e. The van der Waals surface area contributed by atoms with Crippen molar-refractivity contribution in [2.45, 2.75) is 31.5 Å². The van der Waals surface area contributed by atoms with E-state index in [1.807, 2.05) is 0 Å². The lowest BCUT2D eigenvalue weighted by atomic mass is 10.2. The highest BCUT2D eigenvalue weighted by molar-refractivity contribution is 7.89. The molecule has 0 bridgehead atoms. The number of nitrogens with zero attached hydrogens (tertiary/aromatic N) is 4. The zero-order chi connectivity index (χ0) is 24.2. The van der Waals surface area contributed by atoms with Crippen LogP contribution in [0.2, 0.25) is 0 Å². The molecule has 0 aliphatic heterocycles. The largest absolute Gasteiger partial charge is 0.337 e. The van der Waals surface area contributed by atoms with Gasteiger partial charge in [-0.05, 0) is 24.6 Å². The van der Waals surface area contributed by atoms with Crippen LogP contribution in [0.1, 0.15) is 5.56 Å².